The summed E-state index contributed by atoms with van der Waals surface area (Å²) in [6.07, 6.45) is 0. The number of anilines is 1. The molecular formula is C36H31NO9S3. The molecule has 3 aliphatic heterocycles. The molecule has 0 atom stereocenters. The highest BCUT2D eigenvalue weighted by Gasteiger charge is 2.61. The minimum absolute atomic E-state index is 0.106. The summed E-state index contributed by atoms with van der Waals surface area (Å²) >= 11 is 2.78. The molecule has 0 bridgehead atoms. The van der Waals surface area contributed by atoms with Gasteiger partial charge in [-0.15, -0.1) is 0 Å². The monoisotopic (exact) mass is 717 g/mol. The molecule has 49 heavy (non-hydrogen) atoms. The van der Waals surface area contributed by atoms with E-state index in [1.807, 2.05) is 75.4 Å². The first kappa shape index (κ1) is 34.4. The number of nitrogens with zero attached hydrogens (tertiary/aromatic N) is 1. The van der Waals surface area contributed by atoms with Gasteiger partial charge in [-0.2, -0.15) is 0 Å². The van der Waals surface area contributed by atoms with Crippen molar-refractivity contribution >= 4 is 87.1 Å². The molecule has 0 aliphatic carbocycles. The minimum atomic E-state index is -1.65. The van der Waals surface area contributed by atoms with Crippen molar-refractivity contribution in [2.24, 2.45) is 0 Å². The predicted octanol–water partition coefficient (Wildman–Crippen LogP) is 6.38. The fourth-order valence-electron chi connectivity index (χ4n) is 6.24. The van der Waals surface area contributed by atoms with Gasteiger partial charge in [0.05, 0.1) is 45.2 Å². The Kier molecular flexibility index (Phi) is 8.97. The predicted molar refractivity (Wildman–Crippen MR) is 191 cm³/mol. The highest BCUT2D eigenvalue weighted by atomic mass is 32.2. The molecule has 0 unspecified atom stereocenters. The van der Waals surface area contributed by atoms with Gasteiger partial charge < -0.3 is 18.9 Å². The second-order valence-corrected chi connectivity index (χ2v) is 15.5. The summed E-state index contributed by atoms with van der Waals surface area (Å²) in [6, 6.07) is 18.9. The van der Waals surface area contributed by atoms with Crippen LogP contribution in [0.4, 0.5) is 5.69 Å². The van der Waals surface area contributed by atoms with Crippen LogP contribution in [0.3, 0.4) is 0 Å². The Bertz CT molecular complexity index is 2070. The minimum Gasteiger partial charge on any atom is -0.466 e. The topological polar surface area (TPSA) is 126 Å². The molecule has 0 aromatic heterocycles. The van der Waals surface area contributed by atoms with Crippen LogP contribution in [-0.4, -0.2) is 67.8 Å². The van der Waals surface area contributed by atoms with Crippen molar-refractivity contribution in [1.82, 2.24) is 0 Å². The van der Waals surface area contributed by atoms with Gasteiger partial charge >= 0.3 is 23.9 Å². The van der Waals surface area contributed by atoms with Crippen LogP contribution < -0.4 is 4.90 Å². The third-order valence-electron chi connectivity index (χ3n) is 8.49. The molecule has 10 nitrogen and oxygen atoms in total. The molecule has 13 heteroatoms. The number of esters is 4. The third-order valence-corrected chi connectivity index (χ3v) is 13.1. The molecule has 0 fully saturated rings. The largest absolute Gasteiger partial charge is 0.466 e. The fourth-order valence-corrected chi connectivity index (χ4v) is 11.3. The van der Waals surface area contributed by atoms with Crippen molar-refractivity contribution in [1.29, 1.82) is 0 Å². The van der Waals surface area contributed by atoms with Gasteiger partial charge in [0.1, 0.15) is 18.8 Å². The quantitative estimate of drug-likeness (QED) is 0.215. The van der Waals surface area contributed by atoms with Gasteiger partial charge in [0, 0.05) is 21.6 Å². The molecule has 3 aromatic rings. The standard InChI is InChI=1S/C36H31NO9S3/c1-18-12-15-22-23(16-18)37(30(38)21-14-13-19-10-8-9-11-20(19)17-21)35(2,3)29-24(22)36(25(31(39)43-4)26(47-29)32(40)44-5)48-27(33(41)45-6)28(49-36)34(42)46-7/h8-17H,1-7H3. The summed E-state index contributed by atoms with van der Waals surface area (Å²) in [4.78, 5) is 70.6. The number of hydrogen-bond donors (Lipinski definition) is 0. The normalized spacial score (nSPS) is 17.5. The Morgan fingerprint density at radius 1 is 0.673 bits per heavy atom. The number of aryl methyl sites for hydroxylation is 1. The molecule has 0 saturated carbocycles. The molecular weight excluding hydrogens is 687 g/mol. The molecule has 0 saturated heterocycles. The number of hydrogen-bond acceptors (Lipinski definition) is 12. The molecule has 6 rings (SSSR count). The van der Waals surface area contributed by atoms with Crippen molar-refractivity contribution in [3.63, 3.8) is 0 Å². The lowest BCUT2D eigenvalue weighted by Crippen LogP contribution is -2.53. The van der Waals surface area contributed by atoms with Crippen LogP contribution in [0.15, 0.2) is 85.9 Å². The first-order valence-electron chi connectivity index (χ1n) is 14.9. The SMILES string of the molecule is COC(=O)C1=C(C(=O)OC)SC2(S1)C(C(=O)OC)=C(C(=O)OC)SC1=C2c2ccc(C)cc2N(C(=O)c2ccc3ccccc3c2)C1(C)C. The summed E-state index contributed by atoms with van der Waals surface area (Å²) in [7, 11) is 4.72. The summed E-state index contributed by atoms with van der Waals surface area (Å²) < 4.78 is 18.9. The van der Waals surface area contributed by atoms with Crippen LogP contribution in [-0.2, 0) is 38.1 Å². The van der Waals surface area contributed by atoms with Crippen molar-refractivity contribution in [2.45, 2.75) is 30.4 Å². The maximum Gasteiger partial charge on any atom is 0.345 e. The van der Waals surface area contributed by atoms with Crippen LogP contribution in [0, 0.1) is 6.92 Å². The number of benzene rings is 3. The summed E-state index contributed by atoms with van der Waals surface area (Å²) in [6.45, 7) is 5.61. The maximum atomic E-state index is 14.7. The van der Waals surface area contributed by atoms with E-state index in [4.69, 9.17) is 18.9 Å². The molecule has 1 amide bonds. The van der Waals surface area contributed by atoms with Gasteiger partial charge in [-0.1, -0.05) is 77.8 Å². The van der Waals surface area contributed by atoms with E-state index in [2.05, 4.69) is 0 Å². The Morgan fingerprint density at radius 2 is 1.24 bits per heavy atom. The van der Waals surface area contributed by atoms with Crippen molar-refractivity contribution in [3.8, 4) is 0 Å². The number of carbonyl (C=O) groups is 5. The third kappa shape index (κ3) is 5.35. The van der Waals surface area contributed by atoms with Gasteiger partial charge in [0.2, 0.25) is 0 Å². The van der Waals surface area contributed by atoms with Gasteiger partial charge in [0.25, 0.3) is 5.91 Å². The number of carbonyl (C=O) groups excluding carboxylic acids is 5. The highest BCUT2D eigenvalue weighted by molar-refractivity contribution is 8.26. The Hall–Kier alpha value is -4.46. The van der Waals surface area contributed by atoms with E-state index in [9.17, 15) is 24.0 Å². The number of ether oxygens (including phenoxy) is 4. The fraction of sp³-hybridized carbons (Fsp3) is 0.250. The van der Waals surface area contributed by atoms with Crippen molar-refractivity contribution in [2.75, 3.05) is 33.3 Å². The van der Waals surface area contributed by atoms with Crippen molar-refractivity contribution in [3.05, 3.63) is 103 Å². The molecule has 3 aromatic carbocycles. The van der Waals surface area contributed by atoms with Gasteiger partial charge in [-0.05, 0) is 55.3 Å². The summed E-state index contributed by atoms with van der Waals surface area (Å²) in [5.41, 5.74) is 1.65. The lowest BCUT2D eigenvalue weighted by Gasteiger charge is -2.50. The number of rotatable bonds is 5. The van der Waals surface area contributed by atoms with Crippen LogP contribution in [0.2, 0.25) is 0 Å². The summed E-state index contributed by atoms with van der Waals surface area (Å²) in [5.74, 6) is -3.64. The molecule has 3 heterocycles. The Morgan fingerprint density at radius 3 is 1.84 bits per heavy atom. The second kappa shape index (κ2) is 12.8. The second-order valence-electron chi connectivity index (χ2n) is 11.7. The zero-order valence-electron chi connectivity index (χ0n) is 27.6. The molecule has 0 N–H and O–H groups in total. The maximum absolute atomic E-state index is 14.7. The average Bonchev–Trinajstić information content (AvgIpc) is 3.49. The lowest BCUT2D eigenvalue weighted by atomic mass is 9.82. The molecule has 0 radical (unpaired) electrons. The number of fused-ring (bicyclic) bond motifs is 4. The molecule has 1 spiro atoms. The van der Waals surface area contributed by atoms with E-state index in [1.54, 1.807) is 11.0 Å². The van der Waals surface area contributed by atoms with Gasteiger partial charge in [0.15, 0.2) is 0 Å². The number of thioether (sulfide) groups is 3. The van der Waals surface area contributed by atoms with Gasteiger partial charge in [-0.25, -0.2) is 19.2 Å². The van der Waals surface area contributed by atoms with Gasteiger partial charge in [-0.3, -0.25) is 9.69 Å². The Balaban J connectivity index is 1.67. The first-order valence-corrected chi connectivity index (χ1v) is 17.4. The summed E-state index contributed by atoms with van der Waals surface area (Å²) in [5, 5.41) is 1.88. The van der Waals surface area contributed by atoms with Crippen LogP contribution in [0.1, 0.15) is 35.3 Å². The Labute approximate surface area is 295 Å². The van der Waals surface area contributed by atoms with E-state index in [1.165, 1.54) is 28.4 Å². The smallest absolute Gasteiger partial charge is 0.345 e. The lowest BCUT2D eigenvalue weighted by molar-refractivity contribution is -0.138. The first-order chi connectivity index (χ1) is 23.3. The number of amides is 1. The van der Waals surface area contributed by atoms with Crippen molar-refractivity contribution < 1.29 is 42.9 Å². The number of methoxy groups -OCH3 is 4. The average molecular weight is 718 g/mol. The van der Waals surface area contributed by atoms with Crippen LogP contribution >= 0.6 is 35.3 Å². The molecule has 252 valence electrons. The zero-order chi connectivity index (χ0) is 35.4. The molecule has 3 aliphatic rings. The van der Waals surface area contributed by atoms with E-state index in [0.29, 0.717) is 27.3 Å². The zero-order valence-corrected chi connectivity index (χ0v) is 30.1. The van der Waals surface area contributed by atoms with E-state index < -0.39 is 33.5 Å². The van der Waals surface area contributed by atoms with E-state index in [-0.39, 0.29) is 26.2 Å². The van der Waals surface area contributed by atoms with Crippen LogP contribution in [0.5, 0.6) is 0 Å². The van der Waals surface area contributed by atoms with Crippen LogP contribution in [0.25, 0.3) is 16.3 Å². The highest BCUT2D eigenvalue weighted by Crippen LogP contribution is 2.71. The van der Waals surface area contributed by atoms with E-state index in [0.717, 1.165) is 51.6 Å². The van der Waals surface area contributed by atoms with E-state index >= 15 is 0 Å².